The Bertz CT molecular complexity index is 1270. The molecule has 1 fully saturated rings. The van der Waals surface area contributed by atoms with Crippen molar-refractivity contribution in [2.75, 3.05) is 20.8 Å². The highest BCUT2D eigenvalue weighted by Gasteiger charge is 2.28. The topological polar surface area (TPSA) is 52.9 Å². The number of ether oxygens (including phenoxy) is 3. The van der Waals surface area contributed by atoms with Crippen molar-refractivity contribution in [3.8, 4) is 5.75 Å². The van der Waals surface area contributed by atoms with E-state index >= 15 is 0 Å². The Morgan fingerprint density at radius 2 is 1.84 bits per heavy atom. The molecule has 2 aromatic carbocycles. The summed E-state index contributed by atoms with van der Waals surface area (Å²) in [6.07, 6.45) is 5.04. The van der Waals surface area contributed by atoms with Crippen LogP contribution in [0.5, 0.6) is 5.75 Å². The van der Waals surface area contributed by atoms with Gasteiger partial charge < -0.3 is 14.2 Å². The SMILES string of the molecule is COc1cc(C)c2c(ccn2C(=O)OC(C)(C)C)c1CN1CCCCC1c1ccc(C(C)OC)cc1C. The number of piperidine rings is 1. The molecule has 0 spiro atoms. The van der Waals surface area contributed by atoms with Crippen LogP contribution in [-0.2, 0) is 16.0 Å². The van der Waals surface area contributed by atoms with Crippen molar-refractivity contribution in [3.05, 3.63) is 64.3 Å². The van der Waals surface area contributed by atoms with Gasteiger partial charge in [-0.05, 0) is 95.3 Å². The van der Waals surface area contributed by atoms with Crippen LogP contribution >= 0.6 is 0 Å². The Kier molecular flexibility index (Phi) is 8.00. The molecule has 0 radical (unpaired) electrons. The fourth-order valence-corrected chi connectivity index (χ4v) is 5.57. The molecule has 6 nitrogen and oxygen atoms in total. The molecule has 0 bridgehead atoms. The first-order valence-electron chi connectivity index (χ1n) is 13.3. The van der Waals surface area contributed by atoms with E-state index in [1.165, 1.54) is 29.5 Å². The summed E-state index contributed by atoms with van der Waals surface area (Å²) >= 11 is 0. The first-order valence-corrected chi connectivity index (χ1v) is 13.3. The number of aryl methyl sites for hydroxylation is 2. The number of carbonyl (C=O) groups excluding carboxylic acids is 1. The second-order valence-electron chi connectivity index (χ2n) is 11.3. The largest absolute Gasteiger partial charge is 0.496 e. The van der Waals surface area contributed by atoms with Gasteiger partial charge in [0.1, 0.15) is 11.4 Å². The van der Waals surface area contributed by atoms with Crippen molar-refractivity contribution in [2.45, 2.75) is 85.1 Å². The molecule has 1 aliphatic heterocycles. The number of hydrogen-bond acceptors (Lipinski definition) is 5. The Labute approximate surface area is 221 Å². The van der Waals surface area contributed by atoms with Gasteiger partial charge in [0.2, 0.25) is 0 Å². The Morgan fingerprint density at radius 3 is 2.49 bits per heavy atom. The minimum absolute atomic E-state index is 0.0781. The van der Waals surface area contributed by atoms with Gasteiger partial charge in [0.25, 0.3) is 0 Å². The van der Waals surface area contributed by atoms with Gasteiger partial charge in [0.05, 0.1) is 18.7 Å². The lowest BCUT2D eigenvalue weighted by molar-refractivity contribution is 0.0544. The number of fused-ring (bicyclic) bond motifs is 1. The maximum atomic E-state index is 13.0. The average molecular weight is 507 g/mol. The molecular weight excluding hydrogens is 464 g/mol. The standard InChI is InChI=1S/C31H42N2O4/c1-20-17-23(22(3)35-7)12-13-24(20)27-11-9-10-15-32(27)19-26-25-14-16-33(30(34)37-31(4,5)6)29(25)21(2)18-28(26)36-8/h12-14,16-18,22,27H,9-11,15,19H2,1-8H3. The van der Waals surface area contributed by atoms with Gasteiger partial charge in [-0.1, -0.05) is 24.6 Å². The number of benzene rings is 2. The van der Waals surface area contributed by atoms with Crippen molar-refractivity contribution in [2.24, 2.45) is 0 Å². The molecule has 0 saturated carbocycles. The molecule has 0 aliphatic carbocycles. The van der Waals surface area contributed by atoms with E-state index in [-0.39, 0.29) is 12.2 Å². The van der Waals surface area contributed by atoms with E-state index in [0.29, 0.717) is 6.04 Å². The fourth-order valence-electron chi connectivity index (χ4n) is 5.57. The Hall–Kier alpha value is -2.83. The quantitative estimate of drug-likeness (QED) is 0.347. The van der Waals surface area contributed by atoms with Gasteiger partial charge in [0.15, 0.2) is 0 Å². The number of rotatable bonds is 6. The van der Waals surface area contributed by atoms with Crippen LogP contribution in [0.3, 0.4) is 0 Å². The van der Waals surface area contributed by atoms with Crippen LogP contribution in [0.15, 0.2) is 36.5 Å². The number of hydrogen-bond donors (Lipinski definition) is 0. The van der Waals surface area contributed by atoms with Crippen LogP contribution in [-0.4, -0.2) is 41.9 Å². The highest BCUT2D eigenvalue weighted by Crippen LogP contribution is 2.39. The van der Waals surface area contributed by atoms with Gasteiger partial charge in [-0.3, -0.25) is 9.47 Å². The molecule has 1 saturated heterocycles. The number of methoxy groups -OCH3 is 2. The van der Waals surface area contributed by atoms with Crippen molar-refractivity contribution >= 4 is 17.0 Å². The molecule has 2 unspecified atom stereocenters. The van der Waals surface area contributed by atoms with Crippen LogP contribution < -0.4 is 4.74 Å². The molecule has 37 heavy (non-hydrogen) atoms. The van der Waals surface area contributed by atoms with E-state index in [4.69, 9.17) is 14.2 Å². The van der Waals surface area contributed by atoms with E-state index in [1.807, 2.05) is 46.0 Å². The minimum atomic E-state index is -0.563. The van der Waals surface area contributed by atoms with E-state index in [9.17, 15) is 4.79 Å². The van der Waals surface area contributed by atoms with Crippen LogP contribution in [0.2, 0.25) is 0 Å². The average Bonchev–Trinajstić information content (AvgIpc) is 3.31. The van der Waals surface area contributed by atoms with Crippen LogP contribution in [0.25, 0.3) is 10.9 Å². The Morgan fingerprint density at radius 1 is 1.08 bits per heavy atom. The van der Waals surface area contributed by atoms with Crippen molar-refractivity contribution < 1.29 is 19.0 Å². The number of aromatic nitrogens is 1. The number of nitrogens with zero attached hydrogens (tertiary/aromatic N) is 2. The molecule has 3 aromatic rings. The summed E-state index contributed by atoms with van der Waals surface area (Å²) in [6, 6.07) is 11.1. The van der Waals surface area contributed by atoms with E-state index in [0.717, 1.165) is 47.3 Å². The second-order valence-corrected chi connectivity index (χ2v) is 11.3. The van der Waals surface area contributed by atoms with Crippen molar-refractivity contribution in [3.63, 3.8) is 0 Å². The molecule has 6 heteroatoms. The molecular formula is C31H42N2O4. The normalized spacial score (nSPS) is 17.7. The summed E-state index contributed by atoms with van der Waals surface area (Å²) in [7, 11) is 3.48. The summed E-state index contributed by atoms with van der Waals surface area (Å²) in [5, 5.41) is 1.04. The predicted octanol–water partition coefficient (Wildman–Crippen LogP) is 7.48. The lowest BCUT2D eigenvalue weighted by Gasteiger charge is -2.37. The smallest absolute Gasteiger partial charge is 0.419 e. The van der Waals surface area contributed by atoms with Gasteiger partial charge in [-0.15, -0.1) is 0 Å². The van der Waals surface area contributed by atoms with Crippen LogP contribution in [0, 0.1) is 13.8 Å². The molecule has 1 aromatic heterocycles. The van der Waals surface area contributed by atoms with Crippen molar-refractivity contribution in [1.82, 2.24) is 9.47 Å². The maximum absolute atomic E-state index is 13.0. The summed E-state index contributed by atoms with van der Waals surface area (Å²) in [5.74, 6) is 0.859. The van der Waals surface area contributed by atoms with Gasteiger partial charge in [-0.25, -0.2) is 4.79 Å². The molecule has 0 amide bonds. The molecule has 2 heterocycles. The van der Waals surface area contributed by atoms with Crippen LogP contribution in [0.1, 0.15) is 86.9 Å². The Balaban J connectivity index is 1.72. The van der Waals surface area contributed by atoms with E-state index in [2.05, 4.69) is 36.9 Å². The third-order valence-corrected chi connectivity index (χ3v) is 7.49. The monoisotopic (exact) mass is 506 g/mol. The maximum Gasteiger partial charge on any atom is 0.419 e. The molecule has 1 aliphatic rings. The zero-order valence-corrected chi connectivity index (χ0v) is 23.7. The fraction of sp³-hybridized carbons (Fsp3) is 0.516. The van der Waals surface area contributed by atoms with E-state index in [1.54, 1.807) is 18.8 Å². The first-order chi connectivity index (χ1) is 17.5. The van der Waals surface area contributed by atoms with Crippen LogP contribution in [0.4, 0.5) is 4.79 Å². The molecule has 2 atom stereocenters. The molecule has 200 valence electrons. The number of carbonyl (C=O) groups is 1. The zero-order chi connectivity index (χ0) is 26.9. The minimum Gasteiger partial charge on any atom is -0.496 e. The first kappa shape index (κ1) is 27.2. The predicted molar refractivity (Wildman–Crippen MR) is 148 cm³/mol. The van der Waals surface area contributed by atoms with E-state index < -0.39 is 5.60 Å². The lowest BCUT2D eigenvalue weighted by atomic mass is 9.90. The zero-order valence-electron chi connectivity index (χ0n) is 23.7. The molecule has 0 N–H and O–H groups in total. The lowest BCUT2D eigenvalue weighted by Crippen LogP contribution is -2.33. The summed E-state index contributed by atoms with van der Waals surface area (Å²) < 4.78 is 18.7. The summed E-state index contributed by atoms with van der Waals surface area (Å²) in [5.41, 5.74) is 6.30. The van der Waals surface area contributed by atoms with Gasteiger partial charge in [0, 0.05) is 36.8 Å². The summed E-state index contributed by atoms with van der Waals surface area (Å²) in [4.78, 5) is 15.6. The van der Waals surface area contributed by atoms with Gasteiger partial charge >= 0.3 is 6.09 Å². The third-order valence-electron chi connectivity index (χ3n) is 7.49. The number of likely N-dealkylation sites (tertiary alicyclic amines) is 1. The second kappa shape index (κ2) is 10.9. The van der Waals surface area contributed by atoms with Gasteiger partial charge in [-0.2, -0.15) is 0 Å². The summed E-state index contributed by atoms with van der Waals surface area (Å²) in [6.45, 7) is 13.7. The molecule has 4 rings (SSSR count). The highest BCUT2D eigenvalue weighted by atomic mass is 16.6. The highest BCUT2D eigenvalue weighted by molar-refractivity contribution is 5.95. The van der Waals surface area contributed by atoms with Crippen molar-refractivity contribution in [1.29, 1.82) is 0 Å². The third kappa shape index (κ3) is 5.70.